The number of carbonyl (C=O) groups excluding carboxylic acids is 1. The zero-order valence-electron chi connectivity index (χ0n) is 12.6. The quantitative estimate of drug-likeness (QED) is 0.740. The fraction of sp³-hybridized carbons (Fsp3) is 0.250. The number of thiophene rings is 1. The zero-order chi connectivity index (χ0) is 15.9. The van der Waals surface area contributed by atoms with Crippen LogP contribution in [-0.2, 0) is 0 Å². The first kappa shape index (κ1) is 14.7. The van der Waals surface area contributed by atoms with Crippen LogP contribution in [-0.4, -0.2) is 34.2 Å². The number of carbonyl (C=O) groups is 1. The fourth-order valence-corrected chi connectivity index (χ4v) is 3.42. The van der Waals surface area contributed by atoms with Gasteiger partial charge in [-0.25, -0.2) is 9.07 Å². The summed E-state index contributed by atoms with van der Waals surface area (Å²) in [6.07, 6.45) is 0. The number of nitrogens with zero attached hydrogens (tertiary/aromatic N) is 3. The highest BCUT2D eigenvalue weighted by Gasteiger charge is 2.18. The van der Waals surface area contributed by atoms with Crippen molar-refractivity contribution in [3.8, 4) is 5.69 Å². The van der Waals surface area contributed by atoms with Crippen molar-refractivity contribution < 1.29 is 9.18 Å². The van der Waals surface area contributed by atoms with Crippen LogP contribution in [0.1, 0.15) is 22.3 Å². The molecule has 1 aromatic carbocycles. The predicted molar refractivity (Wildman–Crippen MR) is 86.3 cm³/mol. The molecule has 0 atom stereocenters. The van der Waals surface area contributed by atoms with Crippen molar-refractivity contribution in [1.82, 2.24) is 14.7 Å². The summed E-state index contributed by atoms with van der Waals surface area (Å²) >= 11 is 1.41. The normalized spacial score (nSPS) is 11.1. The van der Waals surface area contributed by atoms with Gasteiger partial charge in [-0.3, -0.25) is 4.79 Å². The van der Waals surface area contributed by atoms with Crippen LogP contribution >= 0.6 is 11.3 Å². The van der Waals surface area contributed by atoms with Gasteiger partial charge in [-0.15, -0.1) is 11.3 Å². The lowest BCUT2D eigenvalue weighted by molar-refractivity contribution is 0.0807. The molecule has 114 valence electrons. The Morgan fingerprint density at radius 2 is 2.05 bits per heavy atom. The van der Waals surface area contributed by atoms with Crippen molar-refractivity contribution >= 4 is 27.5 Å². The van der Waals surface area contributed by atoms with Crippen molar-refractivity contribution in [2.75, 3.05) is 13.6 Å². The summed E-state index contributed by atoms with van der Waals surface area (Å²) in [5.41, 5.74) is 1.64. The van der Waals surface area contributed by atoms with Gasteiger partial charge in [0.2, 0.25) is 0 Å². The Hall–Kier alpha value is -2.21. The minimum atomic E-state index is -0.282. The number of aryl methyl sites for hydroxylation is 1. The lowest BCUT2D eigenvalue weighted by atomic mass is 10.3. The van der Waals surface area contributed by atoms with Crippen molar-refractivity contribution in [2.45, 2.75) is 13.8 Å². The number of halogens is 1. The fourth-order valence-electron chi connectivity index (χ4n) is 2.24. The molecule has 22 heavy (non-hydrogen) atoms. The van der Waals surface area contributed by atoms with Gasteiger partial charge in [0.15, 0.2) is 0 Å². The van der Waals surface area contributed by atoms with Crippen LogP contribution in [0, 0.1) is 12.7 Å². The molecule has 0 aliphatic heterocycles. The second-order valence-corrected chi connectivity index (χ2v) is 6.15. The highest BCUT2D eigenvalue weighted by molar-refractivity contribution is 7.20. The smallest absolute Gasteiger partial charge is 0.263 e. The molecule has 0 aliphatic carbocycles. The van der Waals surface area contributed by atoms with Crippen molar-refractivity contribution in [3.63, 3.8) is 0 Å². The molecule has 0 N–H and O–H groups in total. The molecule has 0 radical (unpaired) electrons. The van der Waals surface area contributed by atoms with Gasteiger partial charge in [0, 0.05) is 19.0 Å². The Bertz CT molecular complexity index is 835. The Labute approximate surface area is 131 Å². The number of hydrogen-bond acceptors (Lipinski definition) is 3. The monoisotopic (exact) mass is 317 g/mol. The molecule has 2 heterocycles. The summed E-state index contributed by atoms with van der Waals surface area (Å²) in [5.74, 6) is -0.274. The molecule has 0 saturated carbocycles. The van der Waals surface area contributed by atoms with E-state index in [1.54, 1.807) is 28.8 Å². The Morgan fingerprint density at radius 1 is 1.36 bits per heavy atom. The molecule has 0 saturated heterocycles. The third-order valence-electron chi connectivity index (χ3n) is 3.65. The van der Waals surface area contributed by atoms with E-state index in [0.29, 0.717) is 11.4 Å². The van der Waals surface area contributed by atoms with Crippen LogP contribution < -0.4 is 0 Å². The zero-order valence-corrected chi connectivity index (χ0v) is 13.4. The van der Waals surface area contributed by atoms with Crippen LogP contribution in [0.4, 0.5) is 4.39 Å². The molecule has 4 nitrogen and oxygen atoms in total. The summed E-state index contributed by atoms with van der Waals surface area (Å²) in [7, 11) is 1.78. The molecule has 6 heteroatoms. The van der Waals surface area contributed by atoms with Gasteiger partial charge >= 0.3 is 0 Å². The van der Waals surface area contributed by atoms with E-state index in [1.807, 2.05) is 19.9 Å². The number of rotatable bonds is 3. The van der Waals surface area contributed by atoms with Crippen molar-refractivity contribution in [3.05, 3.63) is 46.7 Å². The second-order valence-electron chi connectivity index (χ2n) is 5.12. The molecular formula is C16H16FN3OS. The first-order valence-corrected chi connectivity index (χ1v) is 7.83. The van der Waals surface area contributed by atoms with Gasteiger partial charge in [-0.05, 0) is 44.2 Å². The number of benzene rings is 1. The minimum Gasteiger partial charge on any atom is -0.341 e. The van der Waals surface area contributed by atoms with Gasteiger partial charge < -0.3 is 4.90 Å². The van der Waals surface area contributed by atoms with E-state index in [0.717, 1.165) is 21.6 Å². The second kappa shape index (κ2) is 5.53. The van der Waals surface area contributed by atoms with Crippen LogP contribution in [0.3, 0.4) is 0 Å². The maximum Gasteiger partial charge on any atom is 0.263 e. The molecule has 0 fully saturated rings. The Morgan fingerprint density at radius 3 is 2.68 bits per heavy atom. The first-order valence-electron chi connectivity index (χ1n) is 7.02. The standard InChI is InChI=1S/C16H16FN3OS/c1-4-19(3)15(21)14-9-13-10(2)18-20(16(13)22-14)12-7-5-11(17)6-8-12/h5-9H,4H2,1-3H3. The van der Waals surface area contributed by atoms with Gasteiger partial charge in [0.25, 0.3) is 5.91 Å². The predicted octanol–water partition coefficient (Wildman–Crippen LogP) is 3.63. The molecule has 3 aromatic rings. The number of fused-ring (bicyclic) bond motifs is 1. The van der Waals surface area contributed by atoms with Crippen LogP contribution in [0.15, 0.2) is 30.3 Å². The van der Waals surface area contributed by atoms with E-state index in [1.165, 1.54) is 23.5 Å². The van der Waals surface area contributed by atoms with Gasteiger partial charge in [0.1, 0.15) is 10.6 Å². The summed E-state index contributed by atoms with van der Waals surface area (Å²) in [4.78, 5) is 15.6. The Kier molecular flexibility index (Phi) is 3.70. The van der Waals surface area contributed by atoms with Gasteiger partial charge in [0.05, 0.1) is 16.3 Å². The summed E-state index contributed by atoms with van der Waals surface area (Å²) < 4.78 is 14.8. The van der Waals surface area contributed by atoms with Crippen LogP contribution in [0.2, 0.25) is 0 Å². The lowest BCUT2D eigenvalue weighted by Crippen LogP contribution is -2.25. The number of amides is 1. The van der Waals surface area contributed by atoms with E-state index in [2.05, 4.69) is 5.10 Å². The van der Waals surface area contributed by atoms with Crippen molar-refractivity contribution in [2.24, 2.45) is 0 Å². The topological polar surface area (TPSA) is 38.1 Å². The molecule has 0 unspecified atom stereocenters. The minimum absolute atomic E-state index is 0.00811. The lowest BCUT2D eigenvalue weighted by Gasteiger charge is -2.12. The summed E-state index contributed by atoms with van der Waals surface area (Å²) in [6.45, 7) is 4.51. The van der Waals surface area contributed by atoms with E-state index >= 15 is 0 Å². The van der Waals surface area contributed by atoms with E-state index in [4.69, 9.17) is 0 Å². The largest absolute Gasteiger partial charge is 0.341 e. The van der Waals surface area contributed by atoms with E-state index < -0.39 is 0 Å². The third-order valence-corrected chi connectivity index (χ3v) is 4.75. The molecule has 0 aliphatic rings. The first-order chi connectivity index (χ1) is 10.5. The van der Waals surface area contributed by atoms with Crippen LogP contribution in [0.25, 0.3) is 15.9 Å². The van der Waals surface area contributed by atoms with Crippen molar-refractivity contribution in [1.29, 1.82) is 0 Å². The average molecular weight is 317 g/mol. The van der Waals surface area contributed by atoms with E-state index in [-0.39, 0.29) is 11.7 Å². The number of hydrogen-bond donors (Lipinski definition) is 0. The molecule has 0 bridgehead atoms. The highest BCUT2D eigenvalue weighted by Crippen LogP contribution is 2.31. The Balaban J connectivity index is 2.11. The van der Waals surface area contributed by atoms with E-state index in [9.17, 15) is 9.18 Å². The van der Waals surface area contributed by atoms with Gasteiger partial charge in [-0.2, -0.15) is 5.10 Å². The highest BCUT2D eigenvalue weighted by atomic mass is 32.1. The average Bonchev–Trinajstić information content (AvgIpc) is 3.08. The molecular weight excluding hydrogens is 301 g/mol. The molecule has 1 amide bonds. The third kappa shape index (κ3) is 2.39. The molecule has 0 spiro atoms. The maximum absolute atomic E-state index is 13.1. The summed E-state index contributed by atoms with van der Waals surface area (Å²) in [6, 6.07) is 8.06. The SMILES string of the molecule is CCN(C)C(=O)c1cc2c(C)nn(-c3ccc(F)cc3)c2s1. The maximum atomic E-state index is 13.1. The summed E-state index contributed by atoms with van der Waals surface area (Å²) in [5, 5.41) is 5.46. The molecule has 2 aromatic heterocycles. The molecule has 3 rings (SSSR count). The van der Waals surface area contributed by atoms with Crippen LogP contribution in [0.5, 0.6) is 0 Å². The van der Waals surface area contributed by atoms with Gasteiger partial charge in [-0.1, -0.05) is 0 Å². The number of aromatic nitrogens is 2.